The highest BCUT2D eigenvalue weighted by atomic mass is 16.5. The van der Waals surface area contributed by atoms with Gasteiger partial charge in [0, 0.05) is 13.0 Å². The third-order valence-electron chi connectivity index (χ3n) is 1.67. The standard InChI is InChI=1S/C10H18O3/c1-4-5-9(10(11)12)13-7-6-8(2)3/h4,8-9H,1,5-7H2,2-3H3,(H,11,12). The predicted octanol–water partition coefficient (Wildman–Crippen LogP) is 2.08. The predicted molar refractivity (Wildman–Crippen MR) is 51.6 cm³/mol. The SMILES string of the molecule is C=CCC(OCCC(C)C)C(=O)O. The summed E-state index contributed by atoms with van der Waals surface area (Å²) in [6, 6.07) is 0. The molecule has 3 heteroatoms. The second-order valence-corrected chi connectivity index (χ2v) is 3.40. The van der Waals surface area contributed by atoms with Crippen LogP contribution in [0.1, 0.15) is 26.7 Å². The lowest BCUT2D eigenvalue weighted by molar-refractivity contribution is -0.150. The summed E-state index contributed by atoms with van der Waals surface area (Å²) in [5, 5.41) is 8.70. The smallest absolute Gasteiger partial charge is 0.333 e. The Morgan fingerprint density at radius 1 is 1.62 bits per heavy atom. The number of hydrogen-bond donors (Lipinski definition) is 1. The Morgan fingerprint density at radius 2 is 2.23 bits per heavy atom. The minimum absolute atomic E-state index is 0.368. The van der Waals surface area contributed by atoms with Gasteiger partial charge in [0.15, 0.2) is 6.10 Å². The minimum Gasteiger partial charge on any atom is -0.479 e. The van der Waals surface area contributed by atoms with Crippen molar-refractivity contribution < 1.29 is 14.6 Å². The van der Waals surface area contributed by atoms with Gasteiger partial charge in [0.1, 0.15) is 0 Å². The van der Waals surface area contributed by atoms with Crippen molar-refractivity contribution >= 4 is 5.97 Å². The normalized spacial score (nSPS) is 12.8. The van der Waals surface area contributed by atoms with Crippen LogP contribution in [0.15, 0.2) is 12.7 Å². The summed E-state index contributed by atoms with van der Waals surface area (Å²) in [7, 11) is 0. The van der Waals surface area contributed by atoms with Gasteiger partial charge in [-0.3, -0.25) is 0 Å². The quantitative estimate of drug-likeness (QED) is 0.619. The Labute approximate surface area is 79.4 Å². The molecular formula is C10H18O3. The van der Waals surface area contributed by atoms with Gasteiger partial charge in [0.25, 0.3) is 0 Å². The van der Waals surface area contributed by atoms with E-state index in [0.717, 1.165) is 6.42 Å². The van der Waals surface area contributed by atoms with Gasteiger partial charge in [-0.25, -0.2) is 4.79 Å². The molecule has 0 heterocycles. The summed E-state index contributed by atoms with van der Waals surface area (Å²) in [5.74, 6) is -0.373. The average molecular weight is 186 g/mol. The molecule has 13 heavy (non-hydrogen) atoms. The zero-order valence-electron chi connectivity index (χ0n) is 8.32. The van der Waals surface area contributed by atoms with Crippen LogP contribution in [-0.2, 0) is 9.53 Å². The van der Waals surface area contributed by atoms with Gasteiger partial charge in [-0.1, -0.05) is 19.9 Å². The Bertz CT molecular complexity index is 164. The first-order chi connectivity index (χ1) is 6.07. The van der Waals surface area contributed by atoms with E-state index in [0.29, 0.717) is 18.9 Å². The zero-order chi connectivity index (χ0) is 10.3. The molecule has 0 aromatic heterocycles. The van der Waals surface area contributed by atoms with Gasteiger partial charge in [-0.15, -0.1) is 6.58 Å². The van der Waals surface area contributed by atoms with E-state index in [4.69, 9.17) is 9.84 Å². The van der Waals surface area contributed by atoms with Crippen LogP contribution in [0.25, 0.3) is 0 Å². The van der Waals surface area contributed by atoms with Crippen molar-refractivity contribution in [3.05, 3.63) is 12.7 Å². The molecule has 0 radical (unpaired) electrons. The van der Waals surface area contributed by atoms with Crippen molar-refractivity contribution in [1.82, 2.24) is 0 Å². The molecule has 1 atom stereocenters. The molecule has 0 bridgehead atoms. The molecule has 0 aliphatic rings. The Balaban J connectivity index is 3.69. The molecule has 0 aliphatic carbocycles. The molecule has 0 spiro atoms. The zero-order valence-corrected chi connectivity index (χ0v) is 8.32. The third-order valence-corrected chi connectivity index (χ3v) is 1.67. The first-order valence-electron chi connectivity index (χ1n) is 4.53. The molecular weight excluding hydrogens is 168 g/mol. The second kappa shape index (κ2) is 6.66. The summed E-state index contributed by atoms with van der Waals surface area (Å²) in [4.78, 5) is 10.6. The molecule has 0 aliphatic heterocycles. The van der Waals surface area contributed by atoms with Gasteiger partial charge in [0.05, 0.1) is 0 Å². The van der Waals surface area contributed by atoms with E-state index in [2.05, 4.69) is 20.4 Å². The highest BCUT2D eigenvalue weighted by Crippen LogP contribution is 2.04. The summed E-state index contributed by atoms with van der Waals surface area (Å²) in [6.45, 7) is 8.14. The maximum Gasteiger partial charge on any atom is 0.333 e. The van der Waals surface area contributed by atoms with E-state index in [1.807, 2.05) is 0 Å². The molecule has 0 saturated heterocycles. The molecule has 1 unspecified atom stereocenters. The number of carboxylic acid groups (broad SMARTS) is 1. The van der Waals surface area contributed by atoms with Crippen LogP contribution in [0, 0.1) is 5.92 Å². The van der Waals surface area contributed by atoms with Crippen LogP contribution in [0.3, 0.4) is 0 Å². The van der Waals surface area contributed by atoms with Crippen molar-refractivity contribution in [3.63, 3.8) is 0 Å². The van der Waals surface area contributed by atoms with Crippen LogP contribution in [0.2, 0.25) is 0 Å². The number of rotatable bonds is 7. The van der Waals surface area contributed by atoms with Crippen molar-refractivity contribution in [1.29, 1.82) is 0 Å². The Hall–Kier alpha value is -0.830. The number of ether oxygens (including phenoxy) is 1. The molecule has 0 amide bonds. The number of carboxylic acids is 1. The number of aliphatic carboxylic acids is 1. The molecule has 3 nitrogen and oxygen atoms in total. The molecule has 1 N–H and O–H groups in total. The molecule has 0 aromatic carbocycles. The van der Waals surface area contributed by atoms with Gasteiger partial charge in [0.2, 0.25) is 0 Å². The highest BCUT2D eigenvalue weighted by Gasteiger charge is 2.15. The van der Waals surface area contributed by atoms with Crippen molar-refractivity contribution in [2.24, 2.45) is 5.92 Å². The van der Waals surface area contributed by atoms with E-state index in [1.54, 1.807) is 6.08 Å². The fourth-order valence-electron chi connectivity index (χ4n) is 0.838. The van der Waals surface area contributed by atoms with Gasteiger partial charge in [-0.2, -0.15) is 0 Å². The fraction of sp³-hybridized carbons (Fsp3) is 0.700. The summed E-state index contributed by atoms with van der Waals surface area (Å²) < 4.78 is 5.18. The number of hydrogen-bond acceptors (Lipinski definition) is 2. The maximum absolute atomic E-state index is 10.6. The Morgan fingerprint density at radius 3 is 2.62 bits per heavy atom. The molecule has 0 rings (SSSR count). The van der Waals surface area contributed by atoms with Gasteiger partial charge < -0.3 is 9.84 Å². The minimum atomic E-state index is -0.913. The van der Waals surface area contributed by atoms with Crippen LogP contribution in [0.5, 0.6) is 0 Å². The first-order valence-corrected chi connectivity index (χ1v) is 4.53. The molecule has 0 saturated carbocycles. The van der Waals surface area contributed by atoms with Crippen LogP contribution in [0.4, 0.5) is 0 Å². The van der Waals surface area contributed by atoms with E-state index < -0.39 is 12.1 Å². The summed E-state index contributed by atoms with van der Waals surface area (Å²) >= 11 is 0. The lowest BCUT2D eigenvalue weighted by atomic mass is 10.1. The van der Waals surface area contributed by atoms with Gasteiger partial charge in [-0.05, 0) is 12.3 Å². The van der Waals surface area contributed by atoms with Crippen molar-refractivity contribution in [2.45, 2.75) is 32.8 Å². The Kier molecular flexibility index (Phi) is 6.24. The van der Waals surface area contributed by atoms with E-state index >= 15 is 0 Å². The molecule has 0 fully saturated rings. The van der Waals surface area contributed by atoms with Crippen LogP contribution >= 0.6 is 0 Å². The van der Waals surface area contributed by atoms with Crippen molar-refractivity contribution in [2.75, 3.05) is 6.61 Å². The van der Waals surface area contributed by atoms with Crippen LogP contribution in [-0.4, -0.2) is 23.8 Å². The van der Waals surface area contributed by atoms with Gasteiger partial charge >= 0.3 is 5.97 Å². The van der Waals surface area contributed by atoms with Crippen LogP contribution < -0.4 is 0 Å². The topological polar surface area (TPSA) is 46.5 Å². The lowest BCUT2D eigenvalue weighted by Crippen LogP contribution is -2.24. The molecule has 0 aromatic rings. The average Bonchev–Trinajstić information content (AvgIpc) is 2.02. The summed E-state index contributed by atoms with van der Waals surface area (Å²) in [5.41, 5.74) is 0. The maximum atomic E-state index is 10.6. The molecule has 76 valence electrons. The van der Waals surface area contributed by atoms with E-state index in [1.165, 1.54) is 0 Å². The highest BCUT2D eigenvalue weighted by molar-refractivity contribution is 5.72. The van der Waals surface area contributed by atoms with Crippen molar-refractivity contribution in [3.8, 4) is 0 Å². The summed E-state index contributed by atoms with van der Waals surface area (Å²) in [6.07, 6.45) is 2.10. The first kappa shape index (κ1) is 12.2. The third kappa shape index (κ3) is 6.34. The number of carbonyl (C=O) groups is 1. The van der Waals surface area contributed by atoms with E-state index in [9.17, 15) is 4.79 Å². The lowest BCUT2D eigenvalue weighted by Gasteiger charge is -2.12. The van der Waals surface area contributed by atoms with E-state index in [-0.39, 0.29) is 0 Å². The monoisotopic (exact) mass is 186 g/mol. The fourth-order valence-corrected chi connectivity index (χ4v) is 0.838. The largest absolute Gasteiger partial charge is 0.479 e. The second-order valence-electron chi connectivity index (χ2n) is 3.40.